The molecule has 0 atom stereocenters. The Morgan fingerprint density at radius 1 is 1.05 bits per heavy atom. The fourth-order valence-electron chi connectivity index (χ4n) is 4.50. The van der Waals surface area contributed by atoms with E-state index in [0.29, 0.717) is 58.7 Å². The maximum absolute atomic E-state index is 13.6. The zero-order valence-electron chi connectivity index (χ0n) is 20.6. The first-order chi connectivity index (χ1) is 18.9. The van der Waals surface area contributed by atoms with Gasteiger partial charge in [-0.05, 0) is 59.7 Å². The van der Waals surface area contributed by atoms with E-state index in [1.54, 1.807) is 29.2 Å². The van der Waals surface area contributed by atoms with Crippen molar-refractivity contribution in [3.8, 4) is 0 Å². The number of halogens is 6. The molecule has 0 spiro atoms. The molecule has 3 heterocycles. The molecular weight excluding hydrogens is 560 g/mol. The van der Waals surface area contributed by atoms with Crippen molar-refractivity contribution in [1.29, 1.82) is 0 Å². The number of aromatic nitrogens is 2. The smallest absolute Gasteiger partial charge is 0.341 e. The second kappa shape index (κ2) is 10.6. The lowest BCUT2D eigenvalue weighted by atomic mass is 10.0. The summed E-state index contributed by atoms with van der Waals surface area (Å²) >= 11 is 1.16. The van der Waals surface area contributed by atoms with Crippen molar-refractivity contribution >= 4 is 45.7 Å². The maximum Gasteiger partial charge on any atom is 0.416 e. The second-order valence-electron chi connectivity index (χ2n) is 9.22. The molecule has 2 aliphatic heterocycles. The summed E-state index contributed by atoms with van der Waals surface area (Å²) < 4.78 is 80.9. The lowest BCUT2D eigenvalue weighted by molar-refractivity contribution is -0.143. The second-order valence-corrected chi connectivity index (χ2v) is 10.3. The highest BCUT2D eigenvalue weighted by Gasteiger charge is 2.38. The molecule has 0 saturated carbocycles. The van der Waals surface area contributed by atoms with Gasteiger partial charge in [-0.15, -0.1) is 0 Å². The molecule has 2 fully saturated rings. The van der Waals surface area contributed by atoms with Gasteiger partial charge in [0.05, 0.1) is 40.8 Å². The van der Waals surface area contributed by atoms with Crippen molar-refractivity contribution in [3.05, 3.63) is 69.8 Å². The monoisotopic (exact) mass is 581 g/mol. The molecule has 7 nitrogen and oxygen atoms in total. The van der Waals surface area contributed by atoms with E-state index >= 15 is 0 Å². The summed E-state index contributed by atoms with van der Waals surface area (Å²) in [6, 6.07) is 6.52. The third-order valence-electron chi connectivity index (χ3n) is 6.47. The summed E-state index contributed by atoms with van der Waals surface area (Å²) in [6.07, 6.45) is -5.43. The number of benzene rings is 2. The highest BCUT2D eigenvalue weighted by molar-refractivity contribution is 8.18. The molecule has 5 rings (SSSR count). The first kappa shape index (κ1) is 27.7. The van der Waals surface area contributed by atoms with Gasteiger partial charge in [-0.2, -0.15) is 31.4 Å². The van der Waals surface area contributed by atoms with Crippen LogP contribution in [0.15, 0.2) is 52.5 Å². The van der Waals surface area contributed by atoms with Crippen molar-refractivity contribution in [3.63, 3.8) is 0 Å². The van der Waals surface area contributed by atoms with Gasteiger partial charge in [0.15, 0.2) is 5.17 Å². The minimum Gasteiger partial charge on any atom is -0.341 e. The number of rotatable bonds is 6. The van der Waals surface area contributed by atoms with Crippen LogP contribution in [0, 0.1) is 0 Å². The quantitative estimate of drug-likeness (QED) is 0.317. The molecule has 0 unspecified atom stereocenters. The number of aliphatic imine (C=N–C) groups is 1. The molecular formula is C26H21F6N5O2S. The molecule has 210 valence electrons. The number of carbonyl (C=O) groups is 2. The Hall–Kier alpha value is -3.81. The fraction of sp³-hybridized carbons (Fsp3) is 0.308. The van der Waals surface area contributed by atoms with Gasteiger partial charge in [0.2, 0.25) is 5.91 Å². The zero-order valence-corrected chi connectivity index (χ0v) is 21.5. The van der Waals surface area contributed by atoms with Crippen LogP contribution in [0.4, 0.5) is 26.3 Å². The Morgan fingerprint density at radius 2 is 1.85 bits per heavy atom. The number of amides is 2. The summed E-state index contributed by atoms with van der Waals surface area (Å²) in [5.41, 5.74) is -2.00. The van der Waals surface area contributed by atoms with Gasteiger partial charge in [0.1, 0.15) is 0 Å². The minimum atomic E-state index is -4.98. The third-order valence-corrected chi connectivity index (χ3v) is 7.42. The topological polar surface area (TPSA) is 79.6 Å². The van der Waals surface area contributed by atoms with E-state index in [1.807, 2.05) is 0 Å². The predicted molar refractivity (Wildman–Crippen MR) is 137 cm³/mol. The molecule has 0 bridgehead atoms. The van der Waals surface area contributed by atoms with E-state index in [1.165, 1.54) is 10.9 Å². The van der Waals surface area contributed by atoms with Crippen molar-refractivity contribution < 1.29 is 35.9 Å². The highest BCUT2D eigenvalue weighted by atomic mass is 32.2. The molecule has 40 heavy (non-hydrogen) atoms. The number of nitrogens with one attached hydrogen (secondary N) is 1. The number of hydrogen-bond acceptors (Lipinski definition) is 5. The maximum atomic E-state index is 13.6. The SMILES string of the molecule is O=C1NC(=NCCN2CCCC2=O)SC1=Cc1ccc2c(cnn2Cc2ccc(C(F)(F)F)cc2C(F)(F)F)c1. The molecule has 2 saturated heterocycles. The largest absolute Gasteiger partial charge is 0.416 e. The van der Waals surface area contributed by atoms with Crippen molar-refractivity contribution in [2.75, 3.05) is 19.6 Å². The van der Waals surface area contributed by atoms with Crippen LogP contribution in [0.25, 0.3) is 17.0 Å². The number of likely N-dealkylation sites (tertiary alicyclic amines) is 1. The number of alkyl halides is 6. The number of carbonyl (C=O) groups excluding carboxylic acids is 2. The number of hydrogen-bond donors (Lipinski definition) is 1. The van der Waals surface area contributed by atoms with Crippen LogP contribution in [0.3, 0.4) is 0 Å². The molecule has 14 heteroatoms. The van der Waals surface area contributed by atoms with Gasteiger partial charge in [0, 0.05) is 24.9 Å². The number of nitrogens with zero attached hydrogens (tertiary/aromatic N) is 4. The van der Waals surface area contributed by atoms with E-state index in [0.717, 1.165) is 24.2 Å². The Kier molecular flexibility index (Phi) is 7.38. The molecule has 2 amide bonds. The van der Waals surface area contributed by atoms with E-state index in [-0.39, 0.29) is 23.4 Å². The van der Waals surface area contributed by atoms with E-state index in [9.17, 15) is 35.9 Å². The Labute approximate surface area is 227 Å². The van der Waals surface area contributed by atoms with E-state index in [2.05, 4.69) is 15.4 Å². The van der Waals surface area contributed by atoms with Crippen molar-refractivity contribution in [2.24, 2.45) is 4.99 Å². The van der Waals surface area contributed by atoms with Crippen LogP contribution >= 0.6 is 11.8 Å². The van der Waals surface area contributed by atoms with Crippen LogP contribution in [0.1, 0.15) is 35.1 Å². The minimum absolute atomic E-state index is 0.0998. The number of fused-ring (bicyclic) bond motifs is 1. The fourth-order valence-corrected chi connectivity index (χ4v) is 5.35. The summed E-state index contributed by atoms with van der Waals surface area (Å²) in [7, 11) is 0. The van der Waals surface area contributed by atoms with Crippen LogP contribution in [0.2, 0.25) is 0 Å². The average Bonchev–Trinajstić information content (AvgIpc) is 3.57. The van der Waals surface area contributed by atoms with E-state index < -0.39 is 30.0 Å². The standard InChI is InChI=1S/C26H21F6N5O2S/c27-25(28,29)18-5-4-16(19(12-18)26(30,31)32)14-37-20-6-3-15(10-17(20)13-34-37)11-21-23(39)35-24(40-21)33-7-9-36-8-1-2-22(36)38/h3-6,10-13H,1-2,7-9,14H2,(H,33,35,39). The number of amidine groups is 1. The summed E-state index contributed by atoms with van der Waals surface area (Å²) in [4.78, 5) is 30.6. The zero-order chi connectivity index (χ0) is 28.7. The van der Waals surface area contributed by atoms with Crippen LogP contribution < -0.4 is 5.32 Å². The van der Waals surface area contributed by atoms with Gasteiger partial charge in [-0.25, -0.2) is 0 Å². The molecule has 3 aromatic rings. The Balaban J connectivity index is 1.32. The van der Waals surface area contributed by atoms with Gasteiger partial charge in [-0.1, -0.05) is 12.1 Å². The Morgan fingerprint density at radius 3 is 2.55 bits per heavy atom. The molecule has 2 aromatic carbocycles. The summed E-state index contributed by atoms with van der Waals surface area (Å²) in [6.45, 7) is 1.16. The summed E-state index contributed by atoms with van der Waals surface area (Å²) in [5, 5.41) is 7.81. The summed E-state index contributed by atoms with van der Waals surface area (Å²) in [5.74, 6) is -0.235. The highest BCUT2D eigenvalue weighted by Crippen LogP contribution is 2.38. The molecule has 0 aliphatic carbocycles. The normalized spacial score (nSPS) is 18.5. The first-order valence-electron chi connectivity index (χ1n) is 12.1. The van der Waals surface area contributed by atoms with Crippen LogP contribution in [-0.4, -0.2) is 51.3 Å². The van der Waals surface area contributed by atoms with Gasteiger partial charge in [0.25, 0.3) is 5.91 Å². The van der Waals surface area contributed by atoms with Crippen molar-refractivity contribution in [1.82, 2.24) is 20.0 Å². The molecule has 1 N–H and O–H groups in total. The predicted octanol–water partition coefficient (Wildman–Crippen LogP) is 5.30. The van der Waals surface area contributed by atoms with Gasteiger partial charge >= 0.3 is 12.4 Å². The van der Waals surface area contributed by atoms with Crippen molar-refractivity contribution in [2.45, 2.75) is 31.7 Å². The molecule has 1 aromatic heterocycles. The van der Waals surface area contributed by atoms with Gasteiger partial charge < -0.3 is 10.2 Å². The lowest BCUT2D eigenvalue weighted by Crippen LogP contribution is -2.28. The molecule has 2 aliphatic rings. The first-order valence-corrected chi connectivity index (χ1v) is 13.0. The third kappa shape index (κ3) is 6.01. The van der Waals surface area contributed by atoms with Gasteiger partial charge in [-0.3, -0.25) is 19.3 Å². The Bertz CT molecular complexity index is 1540. The van der Waals surface area contributed by atoms with Crippen LogP contribution in [-0.2, 0) is 28.5 Å². The van der Waals surface area contributed by atoms with E-state index in [4.69, 9.17) is 0 Å². The lowest BCUT2D eigenvalue weighted by Gasteiger charge is -2.16. The molecule has 0 radical (unpaired) electrons. The average molecular weight is 582 g/mol. The number of thioether (sulfide) groups is 1. The van der Waals surface area contributed by atoms with Crippen LogP contribution in [0.5, 0.6) is 0 Å².